The lowest BCUT2D eigenvalue weighted by Crippen LogP contribution is -2.57. The molecule has 1 aromatic heterocycles. The second-order valence-corrected chi connectivity index (χ2v) is 11.4. The molecule has 5 rings (SSSR count). The van der Waals surface area contributed by atoms with Gasteiger partial charge in [0, 0.05) is 17.4 Å². The number of nitrogens with zero attached hydrogens (tertiary/aromatic N) is 1. The predicted octanol–water partition coefficient (Wildman–Crippen LogP) is 2.48. The Bertz CT molecular complexity index is 1270. The van der Waals surface area contributed by atoms with E-state index in [0.717, 1.165) is 23.7 Å². The number of amides is 3. The largest absolute Gasteiger partial charge is 0.496 e. The lowest BCUT2D eigenvalue weighted by molar-refractivity contribution is -0.142. The number of fused-ring (bicyclic) bond motifs is 2. The minimum Gasteiger partial charge on any atom is -0.496 e. The predicted molar refractivity (Wildman–Crippen MR) is 138 cm³/mol. The number of nitrogens with one attached hydrogen (secondary N) is 3. The van der Waals surface area contributed by atoms with E-state index >= 15 is 0 Å². The van der Waals surface area contributed by atoms with Gasteiger partial charge in [-0.3, -0.25) is 19.2 Å². The molecule has 2 unspecified atom stereocenters. The first-order chi connectivity index (χ1) is 17.6. The van der Waals surface area contributed by atoms with Crippen LogP contribution in [0.1, 0.15) is 44.1 Å². The summed E-state index contributed by atoms with van der Waals surface area (Å²) < 4.78 is 5.39. The average molecular weight is 529 g/mol. The van der Waals surface area contributed by atoms with Crippen molar-refractivity contribution < 1.29 is 23.9 Å². The van der Waals surface area contributed by atoms with Crippen molar-refractivity contribution in [3.8, 4) is 5.75 Å². The summed E-state index contributed by atoms with van der Waals surface area (Å²) in [6, 6.07) is 5.09. The van der Waals surface area contributed by atoms with E-state index in [0.29, 0.717) is 18.0 Å². The Balaban J connectivity index is 1.35. The first-order valence-electron chi connectivity index (χ1n) is 12.7. The molecule has 10 heteroatoms. The van der Waals surface area contributed by atoms with E-state index in [9.17, 15) is 19.2 Å². The van der Waals surface area contributed by atoms with Crippen LogP contribution in [-0.4, -0.2) is 71.0 Å². The fourth-order valence-corrected chi connectivity index (χ4v) is 6.18. The quantitative estimate of drug-likeness (QED) is 0.432. The van der Waals surface area contributed by atoms with Gasteiger partial charge in [-0.05, 0) is 61.1 Å². The minimum absolute atomic E-state index is 0.00600. The molecule has 198 valence electrons. The second kappa shape index (κ2) is 9.35. The second-order valence-electron chi connectivity index (χ2n) is 11.1. The summed E-state index contributed by atoms with van der Waals surface area (Å²) in [6.07, 6.45) is 1.67. The molecule has 0 bridgehead atoms. The van der Waals surface area contributed by atoms with Crippen molar-refractivity contribution in [3.63, 3.8) is 0 Å². The summed E-state index contributed by atoms with van der Waals surface area (Å²) in [7, 11) is 1.57. The van der Waals surface area contributed by atoms with Gasteiger partial charge in [0.15, 0.2) is 5.78 Å². The Morgan fingerprint density at radius 3 is 2.59 bits per heavy atom. The van der Waals surface area contributed by atoms with Crippen LogP contribution >= 0.6 is 11.6 Å². The Morgan fingerprint density at radius 1 is 1.22 bits per heavy atom. The number of alkyl halides is 1. The van der Waals surface area contributed by atoms with Gasteiger partial charge < -0.3 is 25.3 Å². The third kappa shape index (κ3) is 4.47. The van der Waals surface area contributed by atoms with Crippen LogP contribution in [0.15, 0.2) is 24.3 Å². The molecule has 37 heavy (non-hydrogen) atoms. The third-order valence-electron chi connectivity index (χ3n) is 8.47. The molecule has 1 saturated heterocycles. The number of halogens is 1. The number of H-pyrrole nitrogens is 1. The van der Waals surface area contributed by atoms with Gasteiger partial charge >= 0.3 is 0 Å². The Labute approximate surface area is 220 Å². The summed E-state index contributed by atoms with van der Waals surface area (Å²) in [6.45, 7) is 6.25. The molecule has 5 atom stereocenters. The number of ketones is 1. The van der Waals surface area contributed by atoms with E-state index in [1.165, 1.54) is 0 Å². The SMILES string of the molecule is COc1cccc2[nH]c(C(=O)NC(C(=O)N3C[C@H]4[C@@H]([C@H]3C(=O)NC(C)C(=O)CCl)C4(C)C)C3CC3)cc12. The van der Waals surface area contributed by atoms with Crippen molar-refractivity contribution in [3.05, 3.63) is 30.0 Å². The van der Waals surface area contributed by atoms with E-state index in [1.807, 2.05) is 18.2 Å². The molecular formula is C27H33ClN4O5. The number of aromatic amines is 1. The number of Topliss-reactive ketones (excluding diaryl/α,β-unsaturated/α-hetero) is 1. The highest BCUT2D eigenvalue weighted by molar-refractivity contribution is 6.28. The molecule has 3 amide bonds. The van der Waals surface area contributed by atoms with Crippen LogP contribution in [0.5, 0.6) is 5.75 Å². The molecule has 0 spiro atoms. The van der Waals surface area contributed by atoms with Crippen LogP contribution < -0.4 is 15.4 Å². The lowest BCUT2D eigenvalue weighted by Gasteiger charge is -2.33. The number of ether oxygens (including phenoxy) is 1. The number of rotatable bonds is 9. The van der Waals surface area contributed by atoms with Gasteiger partial charge in [0.1, 0.15) is 23.5 Å². The van der Waals surface area contributed by atoms with Crippen molar-refractivity contribution >= 4 is 46.0 Å². The molecule has 3 N–H and O–H groups in total. The number of piperidine rings is 1. The zero-order valence-electron chi connectivity index (χ0n) is 21.5. The van der Waals surface area contributed by atoms with E-state index in [4.69, 9.17) is 16.3 Å². The molecular weight excluding hydrogens is 496 g/mol. The molecule has 2 aromatic rings. The van der Waals surface area contributed by atoms with Gasteiger partial charge in [0.05, 0.1) is 19.0 Å². The van der Waals surface area contributed by atoms with Crippen molar-refractivity contribution in [1.29, 1.82) is 0 Å². The van der Waals surface area contributed by atoms with Gasteiger partial charge in [-0.25, -0.2) is 0 Å². The Kier molecular flexibility index (Phi) is 6.46. The topological polar surface area (TPSA) is 121 Å². The van der Waals surface area contributed by atoms with Gasteiger partial charge in [0.25, 0.3) is 5.91 Å². The Hall–Kier alpha value is -3.07. The molecule has 0 radical (unpaired) electrons. The van der Waals surface area contributed by atoms with Crippen LogP contribution in [0.25, 0.3) is 10.9 Å². The zero-order valence-corrected chi connectivity index (χ0v) is 22.2. The van der Waals surface area contributed by atoms with Crippen LogP contribution in [0, 0.1) is 23.2 Å². The molecule has 3 fully saturated rings. The fourth-order valence-electron chi connectivity index (χ4n) is 5.94. The first-order valence-corrected chi connectivity index (χ1v) is 13.3. The van der Waals surface area contributed by atoms with Gasteiger partial charge in [-0.1, -0.05) is 19.9 Å². The number of hydrogen-bond donors (Lipinski definition) is 3. The van der Waals surface area contributed by atoms with Gasteiger partial charge in [0.2, 0.25) is 11.8 Å². The standard InChI is InChI=1S/C27H33ClN4O5/c1-13(19(33)11-28)29-25(35)23-21-16(27(21,2)3)12-32(23)26(36)22(14-8-9-14)31-24(34)18-10-15-17(30-18)6-5-7-20(15)37-4/h5-7,10,13-14,16,21-23,30H,8-9,11-12H2,1-4H3,(H,29,35)(H,31,34)/t13?,16-,21-,22?,23-/m0/s1. The monoisotopic (exact) mass is 528 g/mol. The van der Waals surface area contributed by atoms with Crippen molar-refractivity contribution in [1.82, 2.24) is 20.5 Å². The number of benzene rings is 1. The number of carbonyl (C=O) groups is 4. The Morgan fingerprint density at radius 2 is 1.95 bits per heavy atom. The molecule has 1 aliphatic heterocycles. The van der Waals surface area contributed by atoms with E-state index in [1.54, 1.807) is 25.0 Å². The van der Waals surface area contributed by atoms with Crippen LogP contribution in [0.2, 0.25) is 0 Å². The van der Waals surface area contributed by atoms with Gasteiger partial charge in [-0.2, -0.15) is 0 Å². The van der Waals surface area contributed by atoms with Crippen LogP contribution in [0.3, 0.4) is 0 Å². The molecule has 2 aliphatic carbocycles. The number of carbonyl (C=O) groups excluding carboxylic acids is 4. The normalized spacial score (nSPS) is 25.2. The maximum atomic E-state index is 13.8. The van der Waals surface area contributed by atoms with Crippen LogP contribution in [-0.2, 0) is 14.4 Å². The fraction of sp³-hybridized carbons (Fsp3) is 0.556. The van der Waals surface area contributed by atoms with E-state index in [-0.39, 0.29) is 52.6 Å². The highest BCUT2D eigenvalue weighted by atomic mass is 35.5. The highest BCUT2D eigenvalue weighted by Gasteiger charge is 2.69. The number of aromatic nitrogens is 1. The molecule has 3 aliphatic rings. The van der Waals surface area contributed by atoms with E-state index in [2.05, 4.69) is 29.5 Å². The molecule has 9 nitrogen and oxygen atoms in total. The van der Waals surface area contributed by atoms with Crippen molar-refractivity contribution in [2.24, 2.45) is 23.2 Å². The maximum absolute atomic E-state index is 13.8. The van der Waals surface area contributed by atoms with E-state index < -0.39 is 18.1 Å². The summed E-state index contributed by atoms with van der Waals surface area (Å²) >= 11 is 5.66. The van der Waals surface area contributed by atoms with Crippen molar-refractivity contribution in [2.45, 2.75) is 51.7 Å². The number of methoxy groups -OCH3 is 1. The zero-order chi connectivity index (χ0) is 26.6. The molecule has 2 heterocycles. The van der Waals surface area contributed by atoms with Crippen molar-refractivity contribution in [2.75, 3.05) is 19.5 Å². The average Bonchev–Trinajstić information content (AvgIpc) is 3.66. The summed E-state index contributed by atoms with van der Waals surface area (Å²) in [4.78, 5) is 57.1. The van der Waals surface area contributed by atoms with Gasteiger partial charge in [-0.15, -0.1) is 11.6 Å². The first kappa shape index (κ1) is 25.6. The summed E-state index contributed by atoms with van der Waals surface area (Å²) in [5, 5.41) is 6.48. The molecule has 1 aromatic carbocycles. The smallest absolute Gasteiger partial charge is 0.268 e. The minimum atomic E-state index is -0.735. The lowest BCUT2D eigenvalue weighted by atomic mass is 9.98. The maximum Gasteiger partial charge on any atom is 0.268 e. The summed E-state index contributed by atoms with van der Waals surface area (Å²) in [5.74, 6) is -0.564. The number of likely N-dealkylation sites (tertiary alicyclic amines) is 1. The van der Waals surface area contributed by atoms with Crippen LogP contribution in [0.4, 0.5) is 0 Å². The third-order valence-corrected chi connectivity index (χ3v) is 8.73. The molecule has 2 saturated carbocycles. The summed E-state index contributed by atoms with van der Waals surface area (Å²) in [5.41, 5.74) is 1.03. The highest BCUT2D eigenvalue weighted by Crippen LogP contribution is 2.65. The number of hydrogen-bond acceptors (Lipinski definition) is 5.